The molecule has 0 fully saturated rings. The number of carbonyl (C=O) groups excluding carboxylic acids is 1. The standard InChI is InChI=1S/C17H19N5O2/c1-4-24-17(23)16-11-22(20-19-16)15-9-18-21(10-15)14-7-5-13(6-8-14)12(2)3/h5-12H,4H2,1-3H3. The third-order valence-electron chi connectivity index (χ3n) is 3.64. The number of nitrogens with zero attached hydrogens (tertiary/aromatic N) is 5. The van der Waals surface area contributed by atoms with E-state index in [9.17, 15) is 4.79 Å². The zero-order valence-electron chi connectivity index (χ0n) is 13.9. The van der Waals surface area contributed by atoms with E-state index in [0.717, 1.165) is 5.69 Å². The molecular weight excluding hydrogens is 306 g/mol. The molecule has 124 valence electrons. The van der Waals surface area contributed by atoms with Gasteiger partial charge in [-0.2, -0.15) is 5.10 Å². The number of carbonyl (C=O) groups is 1. The Morgan fingerprint density at radius 2 is 1.88 bits per heavy atom. The summed E-state index contributed by atoms with van der Waals surface area (Å²) in [7, 11) is 0. The van der Waals surface area contributed by atoms with Crippen LogP contribution in [0, 0.1) is 0 Å². The van der Waals surface area contributed by atoms with Crippen LogP contribution in [-0.2, 0) is 4.74 Å². The van der Waals surface area contributed by atoms with Crippen molar-refractivity contribution in [2.75, 3.05) is 6.61 Å². The average Bonchev–Trinajstić information content (AvgIpc) is 3.24. The highest BCUT2D eigenvalue weighted by atomic mass is 16.5. The van der Waals surface area contributed by atoms with Crippen molar-refractivity contribution in [2.24, 2.45) is 0 Å². The van der Waals surface area contributed by atoms with Crippen molar-refractivity contribution in [1.29, 1.82) is 0 Å². The number of hydrogen-bond acceptors (Lipinski definition) is 5. The first-order valence-corrected chi connectivity index (χ1v) is 7.83. The second kappa shape index (κ2) is 6.66. The lowest BCUT2D eigenvalue weighted by Gasteiger charge is -2.06. The molecule has 7 heteroatoms. The molecule has 0 radical (unpaired) electrons. The van der Waals surface area contributed by atoms with Gasteiger partial charge in [0.1, 0.15) is 5.69 Å². The van der Waals surface area contributed by atoms with E-state index in [2.05, 4.69) is 41.4 Å². The zero-order valence-corrected chi connectivity index (χ0v) is 13.9. The zero-order chi connectivity index (χ0) is 17.1. The predicted molar refractivity (Wildman–Crippen MR) is 88.5 cm³/mol. The molecule has 0 aliphatic rings. The molecule has 24 heavy (non-hydrogen) atoms. The monoisotopic (exact) mass is 325 g/mol. The highest BCUT2D eigenvalue weighted by Gasteiger charge is 2.13. The maximum Gasteiger partial charge on any atom is 0.360 e. The quantitative estimate of drug-likeness (QED) is 0.674. The summed E-state index contributed by atoms with van der Waals surface area (Å²) < 4.78 is 8.16. The molecule has 0 aliphatic carbocycles. The Bertz CT molecular complexity index is 833. The molecular formula is C17H19N5O2. The van der Waals surface area contributed by atoms with Crippen molar-refractivity contribution in [2.45, 2.75) is 26.7 Å². The van der Waals surface area contributed by atoms with Crippen LogP contribution in [0.3, 0.4) is 0 Å². The predicted octanol–water partition coefficient (Wildman–Crippen LogP) is 2.75. The van der Waals surface area contributed by atoms with Crippen molar-refractivity contribution in [1.82, 2.24) is 24.8 Å². The van der Waals surface area contributed by atoms with E-state index in [0.29, 0.717) is 18.2 Å². The molecule has 2 heterocycles. The Labute approximate surface area is 139 Å². The fourth-order valence-electron chi connectivity index (χ4n) is 2.27. The van der Waals surface area contributed by atoms with Crippen molar-refractivity contribution < 1.29 is 9.53 Å². The van der Waals surface area contributed by atoms with E-state index in [1.165, 1.54) is 16.4 Å². The van der Waals surface area contributed by atoms with E-state index in [-0.39, 0.29) is 5.69 Å². The van der Waals surface area contributed by atoms with Crippen molar-refractivity contribution in [3.05, 3.63) is 54.1 Å². The van der Waals surface area contributed by atoms with Crippen LogP contribution in [0.25, 0.3) is 11.4 Å². The van der Waals surface area contributed by atoms with E-state index >= 15 is 0 Å². The Balaban J connectivity index is 1.81. The van der Waals surface area contributed by atoms with Crippen molar-refractivity contribution in [3.63, 3.8) is 0 Å². The van der Waals surface area contributed by atoms with Crippen molar-refractivity contribution in [3.8, 4) is 11.4 Å². The van der Waals surface area contributed by atoms with Gasteiger partial charge in [-0.25, -0.2) is 14.2 Å². The lowest BCUT2D eigenvalue weighted by Crippen LogP contribution is -2.04. The SMILES string of the molecule is CCOC(=O)c1cn(-c2cnn(-c3ccc(C(C)C)cc3)c2)nn1. The van der Waals surface area contributed by atoms with Crippen LogP contribution in [0.1, 0.15) is 42.7 Å². The Hall–Kier alpha value is -2.96. The average molecular weight is 325 g/mol. The molecule has 3 rings (SSSR count). The van der Waals surface area contributed by atoms with Gasteiger partial charge in [0.15, 0.2) is 5.69 Å². The first-order valence-electron chi connectivity index (χ1n) is 7.83. The number of rotatable bonds is 5. The molecule has 1 aromatic carbocycles. The normalized spacial score (nSPS) is 11.0. The number of hydrogen-bond donors (Lipinski definition) is 0. The summed E-state index contributed by atoms with van der Waals surface area (Å²) in [6.45, 7) is 6.37. The molecule has 0 aliphatic heterocycles. The number of aromatic nitrogens is 5. The van der Waals surface area contributed by atoms with Gasteiger partial charge in [-0.05, 0) is 30.5 Å². The Morgan fingerprint density at radius 1 is 1.12 bits per heavy atom. The van der Waals surface area contributed by atoms with Gasteiger partial charge in [-0.15, -0.1) is 5.10 Å². The van der Waals surface area contributed by atoms with Crippen LogP contribution in [0.4, 0.5) is 0 Å². The van der Waals surface area contributed by atoms with Crippen LogP contribution in [0.2, 0.25) is 0 Å². The Morgan fingerprint density at radius 3 is 2.54 bits per heavy atom. The molecule has 0 saturated carbocycles. The minimum atomic E-state index is -0.486. The third kappa shape index (κ3) is 3.19. The minimum Gasteiger partial charge on any atom is -0.461 e. The van der Waals surface area contributed by atoms with Gasteiger partial charge in [-0.1, -0.05) is 31.2 Å². The first kappa shape index (κ1) is 15.9. The molecule has 0 spiro atoms. The summed E-state index contributed by atoms with van der Waals surface area (Å²) in [6, 6.07) is 8.24. The van der Waals surface area contributed by atoms with Gasteiger partial charge in [0, 0.05) is 0 Å². The third-order valence-corrected chi connectivity index (χ3v) is 3.64. The second-order valence-corrected chi connectivity index (χ2v) is 5.66. The maximum absolute atomic E-state index is 11.6. The largest absolute Gasteiger partial charge is 0.461 e. The van der Waals surface area contributed by atoms with Gasteiger partial charge >= 0.3 is 5.97 Å². The summed E-state index contributed by atoms with van der Waals surface area (Å²) in [5.74, 6) is 0.00379. The lowest BCUT2D eigenvalue weighted by atomic mass is 10.0. The molecule has 3 aromatic rings. The molecule has 2 aromatic heterocycles. The summed E-state index contributed by atoms with van der Waals surface area (Å²) in [5.41, 5.74) is 3.12. The maximum atomic E-state index is 11.6. The van der Waals surface area contributed by atoms with Gasteiger partial charge in [0.25, 0.3) is 0 Å². The lowest BCUT2D eigenvalue weighted by molar-refractivity contribution is 0.0519. The van der Waals surface area contributed by atoms with Gasteiger partial charge < -0.3 is 4.74 Å². The second-order valence-electron chi connectivity index (χ2n) is 5.66. The number of esters is 1. The number of ether oxygens (including phenoxy) is 1. The van der Waals surface area contributed by atoms with Crippen LogP contribution < -0.4 is 0 Å². The molecule has 0 N–H and O–H groups in total. The number of benzene rings is 1. The van der Waals surface area contributed by atoms with Gasteiger partial charge in [-0.3, -0.25) is 0 Å². The highest BCUT2D eigenvalue weighted by molar-refractivity contribution is 5.86. The summed E-state index contributed by atoms with van der Waals surface area (Å²) in [4.78, 5) is 11.6. The molecule has 0 saturated heterocycles. The van der Waals surface area contributed by atoms with Gasteiger partial charge in [0.2, 0.25) is 0 Å². The van der Waals surface area contributed by atoms with Crippen LogP contribution >= 0.6 is 0 Å². The molecule has 0 amide bonds. The van der Waals surface area contributed by atoms with Crippen LogP contribution in [0.15, 0.2) is 42.9 Å². The van der Waals surface area contributed by atoms with E-state index in [1.807, 2.05) is 18.3 Å². The summed E-state index contributed by atoms with van der Waals surface area (Å²) >= 11 is 0. The smallest absolute Gasteiger partial charge is 0.360 e. The minimum absolute atomic E-state index is 0.172. The highest BCUT2D eigenvalue weighted by Crippen LogP contribution is 2.17. The molecule has 0 bridgehead atoms. The summed E-state index contributed by atoms with van der Waals surface area (Å²) in [5, 5.41) is 12.1. The fraction of sp³-hybridized carbons (Fsp3) is 0.294. The van der Waals surface area contributed by atoms with E-state index < -0.39 is 5.97 Å². The van der Waals surface area contributed by atoms with Crippen LogP contribution in [-0.4, -0.2) is 37.4 Å². The molecule has 0 atom stereocenters. The van der Waals surface area contributed by atoms with Crippen molar-refractivity contribution >= 4 is 5.97 Å². The van der Waals surface area contributed by atoms with Crippen LogP contribution in [0.5, 0.6) is 0 Å². The molecule has 7 nitrogen and oxygen atoms in total. The topological polar surface area (TPSA) is 74.8 Å². The Kier molecular flexibility index (Phi) is 4.41. The van der Waals surface area contributed by atoms with Gasteiger partial charge in [0.05, 0.1) is 30.9 Å². The van der Waals surface area contributed by atoms with E-state index in [4.69, 9.17) is 4.74 Å². The molecule has 0 unspecified atom stereocenters. The summed E-state index contributed by atoms with van der Waals surface area (Å²) in [6.07, 6.45) is 5.02. The van der Waals surface area contributed by atoms with E-state index in [1.54, 1.807) is 17.8 Å². The first-order chi connectivity index (χ1) is 11.6. The fourth-order valence-corrected chi connectivity index (χ4v) is 2.27.